The van der Waals surface area contributed by atoms with Gasteiger partial charge in [0.25, 0.3) is 0 Å². The molecule has 1 heterocycles. The minimum Gasteiger partial charge on any atom is -0.497 e. The monoisotopic (exact) mass is 232 g/mol. The van der Waals surface area contributed by atoms with Crippen LogP contribution in [-0.2, 0) is 0 Å². The topological polar surface area (TPSA) is 24.5 Å². The first kappa shape index (κ1) is 10.9. The maximum atomic E-state index is 5.24. The van der Waals surface area contributed by atoms with Crippen molar-refractivity contribution in [1.29, 1.82) is 0 Å². The first-order chi connectivity index (χ1) is 8.35. The van der Waals surface area contributed by atoms with Crippen LogP contribution >= 0.6 is 0 Å². The second-order valence-electron chi connectivity index (χ2n) is 5.09. The summed E-state index contributed by atoms with van der Waals surface area (Å²) in [6.45, 7) is 2.45. The summed E-state index contributed by atoms with van der Waals surface area (Å²) < 4.78 is 5.24. The van der Waals surface area contributed by atoms with Crippen LogP contribution in [0.5, 0.6) is 5.75 Å². The largest absolute Gasteiger partial charge is 0.497 e. The zero-order valence-corrected chi connectivity index (χ0v) is 10.4. The third-order valence-electron chi connectivity index (χ3n) is 3.72. The highest BCUT2D eigenvalue weighted by Crippen LogP contribution is 2.30. The van der Waals surface area contributed by atoms with Crippen LogP contribution in [0.25, 0.3) is 0 Å². The lowest BCUT2D eigenvalue weighted by Crippen LogP contribution is -2.27. The molecule has 1 unspecified atom stereocenters. The summed E-state index contributed by atoms with van der Waals surface area (Å²) in [5.41, 5.74) is 1.17. The normalized spacial score (nSPS) is 24.9. The summed E-state index contributed by atoms with van der Waals surface area (Å²) in [5, 5.41) is 3.61. The molecule has 0 radical (unpaired) electrons. The Morgan fingerprint density at radius 1 is 1.29 bits per heavy atom. The van der Waals surface area contributed by atoms with Crippen LogP contribution in [0.3, 0.4) is 0 Å². The Bertz CT molecular complexity index is 390. The summed E-state index contributed by atoms with van der Waals surface area (Å²) in [4.78, 5) is 2.62. The molecule has 2 fully saturated rings. The highest BCUT2D eigenvalue weighted by atomic mass is 16.5. The van der Waals surface area contributed by atoms with Crippen LogP contribution in [0.1, 0.15) is 19.3 Å². The molecule has 1 aromatic carbocycles. The molecule has 0 aromatic heterocycles. The molecular formula is C14H20N2O. The van der Waals surface area contributed by atoms with Gasteiger partial charge in [0.2, 0.25) is 0 Å². The highest BCUT2D eigenvalue weighted by molar-refractivity contribution is 5.49. The Kier molecular flexibility index (Phi) is 2.93. The number of benzene rings is 1. The van der Waals surface area contributed by atoms with Crippen LogP contribution in [0.4, 0.5) is 5.69 Å². The van der Waals surface area contributed by atoms with Crippen LogP contribution in [0, 0.1) is 0 Å². The minimum absolute atomic E-state index is 0.600. The van der Waals surface area contributed by atoms with Gasteiger partial charge in [-0.3, -0.25) is 4.90 Å². The summed E-state index contributed by atoms with van der Waals surface area (Å²) in [6, 6.07) is 9.70. The van der Waals surface area contributed by atoms with Crippen molar-refractivity contribution in [2.24, 2.45) is 0 Å². The van der Waals surface area contributed by atoms with Gasteiger partial charge in [0.1, 0.15) is 5.75 Å². The summed E-state index contributed by atoms with van der Waals surface area (Å²) >= 11 is 0. The number of hydrogen-bond acceptors (Lipinski definition) is 3. The number of methoxy groups -OCH3 is 1. The van der Waals surface area contributed by atoms with E-state index in [0.29, 0.717) is 6.04 Å². The van der Waals surface area contributed by atoms with E-state index in [1.165, 1.54) is 38.0 Å². The van der Waals surface area contributed by atoms with E-state index in [9.17, 15) is 0 Å². The van der Waals surface area contributed by atoms with Gasteiger partial charge < -0.3 is 10.1 Å². The Hall–Kier alpha value is -1.22. The zero-order valence-electron chi connectivity index (χ0n) is 10.4. The number of ether oxygens (including phenoxy) is 1. The first-order valence-electron chi connectivity index (χ1n) is 6.50. The average molecular weight is 232 g/mol. The average Bonchev–Trinajstić information content (AvgIpc) is 3.11. The quantitative estimate of drug-likeness (QED) is 0.862. The van der Waals surface area contributed by atoms with Crippen molar-refractivity contribution in [3.63, 3.8) is 0 Å². The molecule has 17 heavy (non-hydrogen) atoms. The van der Waals surface area contributed by atoms with E-state index >= 15 is 0 Å². The van der Waals surface area contributed by atoms with E-state index in [0.717, 1.165) is 11.8 Å². The Morgan fingerprint density at radius 2 is 2.18 bits per heavy atom. The van der Waals surface area contributed by atoms with Crippen molar-refractivity contribution in [2.45, 2.75) is 31.3 Å². The fraction of sp³-hybridized carbons (Fsp3) is 0.571. The lowest BCUT2D eigenvalue weighted by Gasteiger charge is -2.17. The molecule has 0 amide bonds. The van der Waals surface area contributed by atoms with Crippen molar-refractivity contribution >= 4 is 5.69 Å². The van der Waals surface area contributed by atoms with Gasteiger partial charge in [-0.1, -0.05) is 6.07 Å². The van der Waals surface area contributed by atoms with Gasteiger partial charge in [-0.25, -0.2) is 0 Å². The maximum Gasteiger partial charge on any atom is 0.120 e. The van der Waals surface area contributed by atoms with E-state index in [-0.39, 0.29) is 0 Å². The SMILES string of the molecule is COc1cccc(NC2CCN(C3CC3)C2)c1. The van der Waals surface area contributed by atoms with Crippen molar-refractivity contribution in [3.05, 3.63) is 24.3 Å². The Balaban J connectivity index is 1.59. The molecule has 1 saturated carbocycles. The Labute approximate surface area is 103 Å². The molecule has 0 spiro atoms. The third-order valence-corrected chi connectivity index (χ3v) is 3.72. The number of likely N-dealkylation sites (tertiary alicyclic amines) is 1. The third kappa shape index (κ3) is 2.55. The lowest BCUT2D eigenvalue weighted by atomic mass is 10.2. The van der Waals surface area contributed by atoms with Crippen molar-refractivity contribution in [1.82, 2.24) is 4.90 Å². The van der Waals surface area contributed by atoms with Gasteiger partial charge >= 0.3 is 0 Å². The van der Waals surface area contributed by atoms with E-state index in [4.69, 9.17) is 4.74 Å². The van der Waals surface area contributed by atoms with Gasteiger partial charge in [-0.2, -0.15) is 0 Å². The zero-order chi connectivity index (χ0) is 11.7. The predicted molar refractivity (Wildman–Crippen MR) is 69.6 cm³/mol. The lowest BCUT2D eigenvalue weighted by molar-refractivity contribution is 0.326. The van der Waals surface area contributed by atoms with Gasteiger partial charge in [-0.05, 0) is 31.4 Å². The number of nitrogens with zero attached hydrogens (tertiary/aromatic N) is 1. The second-order valence-corrected chi connectivity index (χ2v) is 5.09. The number of nitrogens with one attached hydrogen (secondary N) is 1. The molecule has 92 valence electrons. The van der Waals surface area contributed by atoms with Gasteiger partial charge in [-0.15, -0.1) is 0 Å². The van der Waals surface area contributed by atoms with Crippen LogP contribution in [0.15, 0.2) is 24.3 Å². The number of anilines is 1. The van der Waals surface area contributed by atoms with Crippen LogP contribution in [-0.4, -0.2) is 37.2 Å². The molecular weight excluding hydrogens is 212 g/mol. The van der Waals surface area contributed by atoms with Crippen LogP contribution in [0.2, 0.25) is 0 Å². The van der Waals surface area contributed by atoms with E-state index in [1.807, 2.05) is 12.1 Å². The van der Waals surface area contributed by atoms with E-state index in [2.05, 4.69) is 22.3 Å². The molecule has 1 aromatic rings. The van der Waals surface area contributed by atoms with Crippen LogP contribution < -0.4 is 10.1 Å². The fourth-order valence-corrected chi connectivity index (χ4v) is 2.63. The fourth-order valence-electron chi connectivity index (χ4n) is 2.63. The molecule has 3 rings (SSSR count). The first-order valence-corrected chi connectivity index (χ1v) is 6.50. The molecule has 3 nitrogen and oxygen atoms in total. The predicted octanol–water partition coefficient (Wildman–Crippen LogP) is 2.34. The summed E-state index contributed by atoms with van der Waals surface area (Å²) in [7, 11) is 1.71. The van der Waals surface area contributed by atoms with Gasteiger partial charge in [0.05, 0.1) is 7.11 Å². The molecule has 1 aliphatic carbocycles. The number of hydrogen-bond donors (Lipinski definition) is 1. The van der Waals surface area contributed by atoms with Crippen molar-refractivity contribution in [2.75, 3.05) is 25.5 Å². The molecule has 1 saturated heterocycles. The summed E-state index contributed by atoms with van der Waals surface area (Å²) in [6.07, 6.45) is 4.07. The summed E-state index contributed by atoms with van der Waals surface area (Å²) in [5.74, 6) is 0.923. The van der Waals surface area contributed by atoms with Crippen molar-refractivity contribution in [3.8, 4) is 5.75 Å². The molecule has 3 heteroatoms. The van der Waals surface area contributed by atoms with Crippen molar-refractivity contribution < 1.29 is 4.74 Å². The number of rotatable bonds is 4. The van der Waals surface area contributed by atoms with E-state index in [1.54, 1.807) is 7.11 Å². The molecule has 2 aliphatic rings. The van der Waals surface area contributed by atoms with Gasteiger partial charge in [0.15, 0.2) is 0 Å². The minimum atomic E-state index is 0.600. The molecule has 1 atom stereocenters. The molecule has 1 aliphatic heterocycles. The Morgan fingerprint density at radius 3 is 2.94 bits per heavy atom. The standard InChI is InChI=1S/C14H20N2O/c1-17-14-4-2-3-11(9-14)15-12-7-8-16(10-12)13-5-6-13/h2-4,9,12-13,15H,5-8,10H2,1H3. The second kappa shape index (κ2) is 4.57. The molecule has 0 bridgehead atoms. The maximum absolute atomic E-state index is 5.24. The van der Waals surface area contributed by atoms with E-state index < -0.39 is 0 Å². The smallest absolute Gasteiger partial charge is 0.120 e. The van der Waals surface area contributed by atoms with Gasteiger partial charge in [0, 0.05) is 36.9 Å². The highest BCUT2D eigenvalue weighted by Gasteiger charge is 2.34. The molecule has 1 N–H and O–H groups in total.